The minimum Gasteiger partial charge on any atom is -0.464 e. The van der Waals surface area contributed by atoms with Gasteiger partial charge in [-0.05, 0) is 12.1 Å². The minimum atomic E-state index is -1.51. The van der Waals surface area contributed by atoms with Crippen LogP contribution in [-0.4, -0.2) is 26.1 Å². The Bertz CT molecular complexity index is 543. The molecule has 0 unspecified atom stereocenters. The van der Waals surface area contributed by atoms with Crippen molar-refractivity contribution in [3.8, 4) is 11.5 Å². The number of pyridine rings is 1. The lowest BCUT2D eigenvalue weighted by molar-refractivity contribution is 0.0593. The van der Waals surface area contributed by atoms with Gasteiger partial charge >= 0.3 is 5.97 Å². The molecule has 1 N–H and O–H groups in total. The Balaban J connectivity index is 3.10. The molecule has 0 saturated carbocycles. The maximum atomic E-state index is 11.6. The number of aromatic amines is 1. The summed E-state index contributed by atoms with van der Waals surface area (Å²) in [6, 6.07) is 3.04. The highest BCUT2D eigenvalue weighted by Gasteiger charge is 2.09. The molecular weight excluding hydrogens is 234 g/mol. The van der Waals surface area contributed by atoms with Gasteiger partial charge in [0.2, 0.25) is 0 Å². The Morgan fingerprint density at radius 1 is 1.35 bits per heavy atom. The monoisotopic (exact) mass is 249 g/mol. The van der Waals surface area contributed by atoms with Crippen LogP contribution in [0.15, 0.2) is 16.9 Å². The number of hydrogen-bond acceptors (Lipinski definition) is 3. The van der Waals surface area contributed by atoms with E-state index in [0.29, 0.717) is 5.56 Å². The second-order valence-electron chi connectivity index (χ2n) is 4.61. The molecule has 0 fully saturated rings. The predicted octanol–water partition coefficient (Wildman–Crippen LogP) is 1.39. The van der Waals surface area contributed by atoms with E-state index in [1.54, 1.807) is 0 Å². The highest BCUT2D eigenvalue weighted by Crippen LogP contribution is 1.99. The largest absolute Gasteiger partial charge is 0.464 e. The Morgan fingerprint density at radius 2 is 2.00 bits per heavy atom. The number of carbonyl (C=O) groups excluding carboxylic acids is 1. The third kappa shape index (κ3) is 3.92. The number of methoxy groups -OCH3 is 1. The number of esters is 1. The van der Waals surface area contributed by atoms with Crippen LogP contribution < -0.4 is 5.56 Å². The molecule has 4 nitrogen and oxygen atoms in total. The van der Waals surface area contributed by atoms with Gasteiger partial charge in [0, 0.05) is 0 Å². The summed E-state index contributed by atoms with van der Waals surface area (Å²) in [6.45, 7) is 6.28. The van der Waals surface area contributed by atoms with Gasteiger partial charge in [0.25, 0.3) is 5.56 Å². The number of hydrogen-bond donors (Lipinski definition) is 1. The molecule has 0 spiro atoms. The minimum absolute atomic E-state index is 0.135. The van der Waals surface area contributed by atoms with Crippen LogP contribution in [0, 0.1) is 11.5 Å². The van der Waals surface area contributed by atoms with Crippen LogP contribution >= 0.6 is 0 Å². The summed E-state index contributed by atoms with van der Waals surface area (Å²) in [6.07, 6.45) is 0. The predicted molar refractivity (Wildman–Crippen MR) is 68.6 cm³/mol. The first-order valence-electron chi connectivity index (χ1n) is 5.18. The van der Waals surface area contributed by atoms with E-state index in [9.17, 15) is 9.59 Å². The maximum absolute atomic E-state index is 11.6. The molecular formula is C12H15NO3Si. The van der Waals surface area contributed by atoms with E-state index < -0.39 is 14.0 Å². The Hall–Kier alpha value is -1.80. The van der Waals surface area contributed by atoms with Crippen molar-refractivity contribution in [2.24, 2.45) is 0 Å². The van der Waals surface area contributed by atoms with E-state index in [1.165, 1.54) is 19.2 Å². The summed E-state index contributed by atoms with van der Waals surface area (Å²) < 4.78 is 4.51. The van der Waals surface area contributed by atoms with Crippen molar-refractivity contribution in [1.82, 2.24) is 4.98 Å². The van der Waals surface area contributed by atoms with Crippen LogP contribution in [0.4, 0.5) is 0 Å². The number of ether oxygens (including phenoxy) is 1. The molecule has 0 aromatic carbocycles. The zero-order chi connectivity index (χ0) is 13.1. The molecule has 5 heteroatoms. The molecule has 17 heavy (non-hydrogen) atoms. The number of carbonyl (C=O) groups is 1. The first kappa shape index (κ1) is 13.3. The molecule has 1 rings (SSSR count). The van der Waals surface area contributed by atoms with Gasteiger partial charge < -0.3 is 9.72 Å². The Morgan fingerprint density at radius 3 is 2.47 bits per heavy atom. The zero-order valence-corrected chi connectivity index (χ0v) is 11.4. The van der Waals surface area contributed by atoms with Gasteiger partial charge in [0.15, 0.2) is 0 Å². The molecule has 0 atom stereocenters. The van der Waals surface area contributed by atoms with Gasteiger partial charge in [-0.15, -0.1) is 5.54 Å². The van der Waals surface area contributed by atoms with Gasteiger partial charge in [-0.2, -0.15) is 0 Å². The van der Waals surface area contributed by atoms with Crippen molar-refractivity contribution in [2.75, 3.05) is 7.11 Å². The summed E-state index contributed by atoms with van der Waals surface area (Å²) in [5, 5.41) is 0. The van der Waals surface area contributed by atoms with E-state index in [0.717, 1.165) is 0 Å². The quantitative estimate of drug-likeness (QED) is 0.465. The van der Waals surface area contributed by atoms with Crippen LogP contribution in [-0.2, 0) is 4.74 Å². The van der Waals surface area contributed by atoms with Gasteiger partial charge in [0.1, 0.15) is 13.8 Å². The summed E-state index contributed by atoms with van der Waals surface area (Å²) >= 11 is 0. The van der Waals surface area contributed by atoms with E-state index in [4.69, 9.17) is 0 Å². The number of nitrogens with one attached hydrogen (secondary N) is 1. The van der Waals surface area contributed by atoms with Gasteiger partial charge in [-0.25, -0.2) is 4.79 Å². The second-order valence-corrected chi connectivity index (χ2v) is 9.36. The van der Waals surface area contributed by atoms with Gasteiger partial charge in [0.05, 0.1) is 12.7 Å². The zero-order valence-electron chi connectivity index (χ0n) is 10.4. The van der Waals surface area contributed by atoms with Crippen molar-refractivity contribution >= 4 is 14.0 Å². The molecule has 0 saturated heterocycles. The van der Waals surface area contributed by atoms with Crippen molar-refractivity contribution in [2.45, 2.75) is 19.6 Å². The summed E-state index contributed by atoms with van der Waals surface area (Å²) in [5.41, 5.74) is 3.24. The van der Waals surface area contributed by atoms with Gasteiger partial charge in [-0.3, -0.25) is 4.79 Å². The third-order valence-electron chi connectivity index (χ3n) is 1.89. The SMILES string of the molecule is COC(=O)c1ccc(C#C[Si](C)(C)C)c(=O)[nH]1. The topological polar surface area (TPSA) is 59.2 Å². The van der Waals surface area contributed by atoms with Crippen molar-refractivity contribution < 1.29 is 9.53 Å². The first-order chi connectivity index (χ1) is 7.83. The number of rotatable bonds is 1. The highest BCUT2D eigenvalue weighted by molar-refractivity contribution is 6.83. The average Bonchev–Trinajstić information content (AvgIpc) is 2.25. The molecule has 1 aromatic heterocycles. The molecule has 1 heterocycles. The van der Waals surface area contributed by atoms with E-state index in [1.807, 2.05) is 0 Å². The normalized spacial score (nSPS) is 10.4. The first-order valence-corrected chi connectivity index (χ1v) is 8.68. The van der Waals surface area contributed by atoms with Crippen LogP contribution in [0.5, 0.6) is 0 Å². The lowest BCUT2D eigenvalue weighted by Crippen LogP contribution is -2.19. The summed E-state index contributed by atoms with van der Waals surface area (Å²) in [7, 11) is -0.247. The van der Waals surface area contributed by atoms with Crippen LogP contribution in [0.25, 0.3) is 0 Å². The molecule has 0 aliphatic carbocycles. The van der Waals surface area contributed by atoms with Crippen molar-refractivity contribution in [1.29, 1.82) is 0 Å². The summed E-state index contributed by atoms with van der Waals surface area (Å²) in [5.74, 6) is 2.29. The second kappa shape index (κ2) is 5.02. The van der Waals surface area contributed by atoms with Crippen molar-refractivity contribution in [3.05, 3.63) is 33.7 Å². The highest BCUT2D eigenvalue weighted by atomic mass is 28.3. The Labute approximate surface area is 101 Å². The fraction of sp³-hybridized carbons (Fsp3) is 0.333. The Kier molecular flexibility index (Phi) is 3.92. The molecule has 0 amide bonds. The molecule has 0 bridgehead atoms. The fourth-order valence-corrected chi connectivity index (χ4v) is 1.57. The maximum Gasteiger partial charge on any atom is 0.354 e. The molecule has 0 aliphatic rings. The summed E-state index contributed by atoms with van der Waals surface area (Å²) in [4.78, 5) is 25.2. The van der Waals surface area contributed by atoms with Crippen molar-refractivity contribution in [3.63, 3.8) is 0 Å². The van der Waals surface area contributed by atoms with E-state index in [2.05, 4.69) is 40.8 Å². The van der Waals surface area contributed by atoms with Crippen LogP contribution in [0.3, 0.4) is 0 Å². The van der Waals surface area contributed by atoms with E-state index >= 15 is 0 Å². The van der Waals surface area contributed by atoms with Gasteiger partial charge in [-0.1, -0.05) is 25.6 Å². The standard InChI is InChI=1S/C12H15NO3Si/c1-16-12(15)10-6-5-9(11(14)13-10)7-8-17(2,3)4/h5-6H,1-4H3,(H,13,14). The number of aromatic nitrogens is 1. The fourth-order valence-electron chi connectivity index (χ4n) is 1.06. The average molecular weight is 249 g/mol. The third-order valence-corrected chi connectivity index (χ3v) is 2.76. The lowest BCUT2D eigenvalue weighted by atomic mass is 10.2. The van der Waals surface area contributed by atoms with Crippen LogP contribution in [0.2, 0.25) is 19.6 Å². The van der Waals surface area contributed by atoms with E-state index in [-0.39, 0.29) is 11.3 Å². The number of H-pyrrole nitrogens is 1. The molecule has 90 valence electrons. The lowest BCUT2D eigenvalue weighted by Gasteiger charge is -2.03. The molecule has 1 aromatic rings. The molecule has 0 radical (unpaired) electrons. The molecule has 0 aliphatic heterocycles. The van der Waals surface area contributed by atoms with Crippen LogP contribution in [0.1, 0.15) is 16.1 Å². The smallest absolute Gasteiger partial charge is 0.354 e.